The molecule has 5 aromatic rings. The highest BCUT2D eigenvalue weighted by Crippen LogP contribution is 2.44. The van der Waals surface area contributed by atoms with Crippen molar-refractivity contribution in [2.75, 3.05) is 13.1 Å². The zero-order chi connectivity index (χ0) is 25.9. The predicted molar refractivity (Wildman–Crippen MR) is 150 cm³/mol. The smallest absolute Gasteiger partial charge is 0.263 e. The number of nitrogens with zero attached hydrogens (tertiary/aromatic N) is 3. The SMILES string of the molecule is CC1(c2cccc3ncccc23)CCN(C(=O)C2Cc3cc(Cl)cc(-c4ccnc5[nH]ccc45)c3O2)CC1. The summed E-state index contributed by atoms with van der Waals surface area (Å²) in [5, 5.41) is 2.83. The zero-order valence-corrected chi connectivity index (χ0v) is 21.8. The van der Waals surface area contributed by atoms with Crippen LogP contribution in [0.5, 0.6) is 5.75 Å². The Balaban J connectivity index is 1.12. The standard InChI is InChI=1S/C31H27ClN4O2/c1-31(25-5-2-6-26-23(25)4-3-11-33-26)9-14-36(15-10-31)30(37)27-17-19-16-20(32)18-24(28(19)38-27)21-7-12-34-29-22(21)8-13-35-29/h2-8,11-13,16,18,27H,9-10,14-15,17H2,1H3,(H,34,35). The molecule has 1 unspecified atom stereocenters. The Labute approximate surface area is 225 Å². The molecule has 1 amide bonds. The Hall–Kier alpha value is -3.90. The molecular formula is C31H27ClN4O2. The molecule has 5 heterocycles. The summed E-state index contributed by atoms with van der Waals surface area (Å²) < 4.78 is 6.39. The summed E-state index contributed by atoms with van der Waals surface area (Å²) in [6.07, 6.45) is 7.25. The minimum Gasteiger partial charge on any atom is -0.479 e. The van der Waals surface area contributed by atoms with E-state index >= 15 is 0 Å². The number of nitrogens with one attached hydrogen (secondary N) is 1. The van der Waals surface area contributed by atoms with Crippen molar-refractivity contribution in [1.29, 1.82) is 0 Å². The first-order valence-electron chi connectivity index (χ1n) is 13.0. The van der Waals surface area contributed by atoms with E-state index in [4.69, 9.17) is 16.3 Å². The van der Waals surface area contributed by atoms with E-state index in [-0.39, 0.29) is 11.3 Å². The van der Waals surface area contributed by atoms with Crippen LogP contribution in [0, 0.1) is 0 Å². The van der Waals surface area contributed by atoms with Gasteiger partial charge in [0.25, 0.3) is 5.91 Å². The summed E-state index contributed by atoms with van der Waals surface area (Å²) in [6.45, 7) is 3.71. The van der Waals surface area contributed by atoms with Gasteiger partial charge in [0.15, 0.2) is 6.10 Å². The van der Waals surface area contributed by atoms with Gasteiger partial charge in [-0.05, 0) is 65.8 Å². The van der Waals surface area contributed by atoms with E-state index in [1.54, 1.807) is 6.20 Å². The minimum atomic E-state index is -0.545. The fourth-order valence-corrected chi connectivity index (χ4v) is 6.42. The number of fused-ring (bicyclic) bond motifs is 3. The molecular weight excluding hydrogens is 496 g/mol. The van der Waals surface area contributed by atoms with E-state index in [1.165, 1.54) is 10.9 Å². The Kier molecular flexibility index (Phi) is 5.41. The van der Waals surface area contributed by atoms with Gasteiger partial charge < -0.3 is 14.6 Å². The van der Waals surface area contributed by atoms with Crippen molar-refractivity contribution in [1.82, 2.24) is 19.9 Å². The largest absolute Gasteiger partial charge is 0.479 e. The number of aromatic amines is 1. The first kappa shape index (κ1) is 23.2. The van der Waals surface area contributed by atoms with Crippen molar-refractivity contribution in [2.24, 2.45) is 0 Å². The normalized spacial score (nSPS) is 18.5. The Morgan fingerprint density at radius 1 is 1.03 bits per heavy atom. The molecule has 6 nitrogen and oxygen atoms in total. The molecule has 0 bridgehead atoms. The van der Waals surface area contributed by atoms with E-state index in [2.05, 4.69) is 46.1 Å². The second-order valence-corrected chi connectivity index (χ2v) is 11.0. The van der Waals surface area contributed by atoms with Gasteiger partial charge in [0, 0.05) is 65.0 Å². The van der Waals surface area contributed by atoms with Crippen LogP contribution < -0.4 is 4.74 Å². The second kappa shape index (κ2) is 8.84. The number of rotatable bonds is 3. The molecule has 0 radical (unpaired) electrons. The number of aromatic nitrogens is 3. The monoisotopic (exact) mass is 522 g/mol. The quantitative estimate of drug-likeness (QED) is 0.301. The molecule has 1 atom stereocenters. The van der Waals surface area contributed by atoms with E-state index in [9.17, 15) is 4.79 Å². The maximum absolute atomic E-state index is 13.7. The van der Waals surface area contributed by atoms with Gasteiger partial charge in [0.05, 0.1) is 5.52 Å². The van der Waals surface area contributed by atoms with E-state index in [0.29, 0.717) is 24.5 Å². The van der Waals surface area contributed by atoms with Gasteiger partial charge in [-0.2, -0.15) is 0 Å². The summed E-state index contributed by atoms with van der Waals surface area (Å²) in [5.41, 5.74) is 5.97. The van der Waals surface area contributed by atoms with Crippen LogP contribution in [0.15, 0.2) is 73.2 Å². The number of hydrogen-bond donors (Lipinski definition) is 1. The molecule has 7 heteroatoms. The molecule has 0 spiro atoms. The molecule has 1 fully saturated rings. The topological polar surface area (TPSA) is 71.1 Å². The molecule has 0 saturated carbocycles. The van der Waals surface area contributed by atoms with Gasteiger partial charge in [0.1, 0.15) is 11.4 Å². The van der Waals surface area contributed by atoms with Crippen molar-refractivity contribution < 1.29 is 9.53 Å². The van der Waals surface area contributed by atoms with Gasteiger partial charge in [-0.15, -0.1) is 0 Å². The van der Waals surface area contributed by atoms with Crippen LogP contribution >= 0.6 is 11.6 Å². The van der Waals surface area contributed by atoms with E-state index in [1.807, 2.05) is 47.6 Å². The molecule has 1 N–H and O–H groups in total. The van der Waals surface area contributed by atoms with Crippen LogP contribution in [0.4, 0.5) is 0 Å². The van der Waals surface area contributed by atoms with E-state index in [0.717, 1.165) is 51.8 Å². The van der Waals surface area contributed by atoms with Crippen molar-refractivity contribution in [3.05, 3.63) is 89.3 Å². The Bertz CT molecular complexity index is 1700. The third-order valence-corrected chi connectivity index (χ3v) is 8.51. The fraction of sp³-hybridized carbons (Fsp3) is 0.258. The lowest BCUT2D eigenvalue weighted by atomic mass is 9.73. The number of ether oxygens (including phenoxy) is 1. The third kappa shape index (κ3) is 3.74. The van der Waals surface area contributed by atoms with Crippen molar-refractivity contribution in [3.8, 4) is 16.9 Å². The van der Waals surface area contributed by atoms with Crippen molar-refractivity contribution in [3.63, 3.8) is 0 Å². The average molecular weight is 523 g/mol. The lowest BCUT2D eigenvalue weighted by Gasteiger charge is -2.41. The number of hydrogen-bond acceptors (Lipinski definition) is 4. The molecule has 2 aliphatic rings. The number of piperidine rings is 1. The first-order chi connectivity index (χ1) is 18.5. The Morgan fingerprint density at radius 2 is 1.89 bits per heavy atom. The minimum absolute atomic E-state index is 0.0111. The summed E-state index contributed by atoms with van der Waals surface area (Å²) in [6, 6.07) is 18.3. The van der Waals surface area contributed by atoms with Crippen LogP contribution in [0.1, 0.15) is 30.9 Å². The summed E-state index contributed by atoms with van der Waals surface area (Å²) in [7, 11) is 0. The summed E-state index contributed by atoms with van der Waals surface area (Å²) in [5.74, 6) is 0.790. The molecule has 1 saturated heterocycles. The van der Waals surface area contributed by atoms with Crippen LogP contribution in [0.2, 0.25) is 5.02 Å². The number of amides is 1. The number of carbonyl (C=O) groups excluding carboxylic acids is 1. The van der Waals surface area contributed by atoms with Crippen molar-refractivity contribution >= 4 is 39.4 Å². The molecule has 3 aromatic heterocycles. The van der Waals surface area contributed by atoms with Crippen LogP contribution in [-0.4, -0.2) is 45.0 Å². The highest BCUT2D eigenvalue weighted by molar-refractivity contribution is 6.31. The maximum Gasteiger partial charge on any atom is 0.263 e. The fourth-order valence-electron chi connectivity index (χ4n) is 6.18. The average Bonchev–Trinajstić information content (AvgIpc) is 3.59. The van der Waals surface area contributed by atoms with Gasteiger partial charge in [-0.25, -0.2) is 4.98 Å². The third-order valence-electron chi connectivity index (χ3n) is 8.30. The zero-order valence-electron chi connectivity index (χ0n) is 21.1. The molecule has 38 heavy (non-hydrogen) atoms. The second-order valence-electron chi connectivity index (χ2n) is 10.6. The molecule has 190 valence electrons. The summed E-state index contributed by atoms with van der Waals surface area (Å²) in [4.78, 5) is 27.7. The van der Waals surface area contributed by atoms with Gasteiger partial charge in [-0.3, -0.25) is 9.78 Å². The predicted octanol–water partition coefficient (Wildman–Crippen LogP) is 6.32. The molecule has 0 aliphatic carbocycles. The van der Waals surface area contributed by atoms with Gasteiger partial charge in [0.2, 0.25) is 0 Å². The number of benzene rings is 2. The van der Waals surface area contributed by atoms with Crippen LogP contribution in [0.25, 0.3) is 33.1 Å². The Morgan fingerprint density at radius 3 is 2.76 bits per heavy atom. The molecule has 7 rings (SSSR count). The van der Waals surface area contributed by atoms with Crippen LogP contribution in [-0.2, 0) is 16.6 Å². The number of likely N-dealkylation sites (tertiary alicyclic amines) is 1. The van der Waals surface area contributed by atoms with E-state index < -0.39 is 6.10 Å². The lowest BCUT2D eigenvalue weighted by molar-refractivity contribution is -0.139. The first-order valence-corrected chi connectivity index (χ1v) is 13.4. The number of pyridine rings is 2. The van der Waals surface area contributed by atoms with Crippen molar-refractivity contribution in [2.45, 2.75) is 37.7 Å². The summed E-state index contributed by atoms with van der Waals surface area (Å²) >= 11 is 6.53. The van der Waals surface area contributed by atoms with Gasteiger partial charge in [-0.1, -0.05) is 36.7 Å². The maximum atomic E-state index is 13.7. The lowest BCUT2D eigenvalue weighted by Crippen LogP contribution is -2.48. The van der Waals surface area contributed by atoms with Crippen LogP contribution in [0.3, 0.4) is 0 Å². The highest BCUT2D eigenvalue weighted by atomic mass is 35.5. The molecule has 2 aromatic carbocycles. The number of carbonyl (C=O) groups is 1. The number of halogens is 1. The number of H-pyrrole nitrogens is 1. The highest BCUT2D eigenvalue weighted by Gasteiger charge is 2.39. The van der Waals surface area contributed by atoms with Gasteiger partial charge >= 0.3 is 0 Å². The molecule has 2 aliphatic heterocycles.